The number of benzene rings is 1. The van der Waals surface area contributed by atoms with Gasteiger partial charge in [-0.15, -0.1) is 5.06 Å². The predicted molar refractivity (Wildman–Crippen MR) is 63.4 cm³/mol. The van der Waals surface area contributed by atoms with Crippen molar-refractivity contribution in [2.45, 2.75) is 12.8 Å². The highest BCUT2D eigenvalue weighted by Gasteiger charge is 2.36. The van der Waals surface area contributed by atoms with Crippen LogP contribution in [0.15, 0.2) is 24.3 Å². The van der Waals surface area contributed by atoms with E-state index < -0.39 is 11.8 Å². The summed E-state index contributed by atoms with van der Waals surface area (Å²) in [7, 11) is 0. The zero-order valence-corrected chi connectivity index (χ0v) is 9.68. The summed E-state index contributed by atoms with van der Waals surface area (Å²) in [6.45, 7) is 0.0714. The molecule has 4 heteroatoms. The molecule has 1 aliphatic heterocycles. The number of imide groups is 1. The number of amides is 2. The van der Waals surface area contributed by atoms with Gasteiger partial charge in [0, 0.05) is 5.92 Å². The molecule has 0 radical (unpaired) electrons. The zero-order chi connectivity index (χ0) is 12.5. The van der Waals surface area contributed by atoms with Gasteiger partial charge in [-0.2, -0.15) is 0 Å². The molecule has 0 saturated heterocycles. The van der Waals surface area contributed by atoms with E-state index in [0.717, 1.165) is 17.9 Å². The molecule has 1 aliphatic carbocycles. The minimum Gasteiger partial charge on any atom is -0.266 e. The Morgan fingerprint density at radius 2 is 1.78 bits per heavy atom. The third-order valence-electron chi connectivity index (χ3n) is 2.91. The molecule has 0 spiro atoms. The average Bonchev–Trinajstić information content (AvgIpc) is 3.18. The van der Waals surface area contributed by atoms with Crippen molar-refractivity contribution in [3.8, 4) is 11.8 Å². The summed E-state index contributed by atoms with van der Waals surface area (Å²) in [6.07, 6.45) is 2.28. The van der Waals surface area contributed by atoms with Gasteiger partial charge in [-0.3, -0.25) is 9.59 Å². The Bertz CT molecular complexity index is 543. The number of rotatable bonds is 2. The van der Waals surface area contributed by atoms with Crippen LogP contribution in [0.5, 0.6) is 0 Å². The van der Waals surface area contributed by atoms with Crippen LogP contribution in [0.2, 0.25) is 0 Å². The lowest BCUT2D eigenvalue weighted by Crippen LogP contribution is -2.30. The number of hydrogen-bond donors (Lipinski definition) is 0. The molecule has 2 amide bonds. The summed E-state index contributed by atoms with van der Waals surface area (Å²) in [4.78, 5) is 28.9. The van der Waals surface area contributed by atoms with E-state index in [2.05, 4.69) is 11.8 Å². The molecule has 90 valence electrons. The first-order chi connectivity index (χ1) is 8.77. The van der Waals surface area contributed by atoms with Crippen LogP contribution in [0.25, 0.3) is 0 Å². The van der Waals surface area contributed by atoms with Gasteiger partial charge in [-0.05, 0) is 25.0 Å². The van der Waals surface area contributed by atoms with Crippen LogP contribution in [-0.4, -0.2) is 23.5 Å². The van der Waals surface area contributed by atoms with Crippen LogP contribution in [0, 0.1) is 17.8 Å². The van der Waals surface area contributed by atoms with E-state index in [0.29, 0.717) is 17.0 Å². The number of hydrogen-bond acceptors (Lipinski definition) is 3. The lowest BCUT2D eigenvalue weighted by Gasteiger charge is -2.10. The monoisotopic (exact) mass is 241 g/mol. The Morgan fingerprint density at radius 1 is 1.17 bits per heavy atom. The quantitative estimate of drug-likeness (QED) is 0.584. The van der Waals surface area contributed by atoms with E-state index in [1.807, 2.05) is 0 Å². The molecule has 1 aromatic rings. The van der Waals surface area contributed by atoms with E-state index in [9.17, 15) is 9.59 Å². The van der Waals surface area contributed by atoms with Gasteiger partial charge >= 0.3 is 0 Å². The number of fused-ring (bicyclic) bond motifs is 1. The fraction of sp³-hybridized carbons (Fsp3) is 0.286. The fourth-order valence-corrected chi connectivity index (χ4v) is 1.79. The largest absolute Gasteiger partial charge is 0.285 e. The van der Waals surface area contributed by atoms with Gasteiger partial charge in [0.15, 0.2) is 0 Å². The summed E-state index contributed by atoms with van der Waals surface area (Å²) in [5.74, 6) is 5.49. The van der Waals surface area contributed by atoms with Gasteiger partial charge in [0.05, 0.1) is 11.1 Å². The zero-order valence-electron chi connectivity index (χ0n) is 9.68. The molecule has 0 atom stereocenters. The Balaban J connectivity index is 1.70. The molecule has 1 fully saturated rings. The fourth-order valence-electron chi connectivity index (χ4n) is 1.79. The van der Waals surface area contributed by atoms with Crippen molar-refractivity contribution >= 4 is 11.8 Å². The molecule has 0 unspecified atom stereocenters. The van der Waals surface area contributed by atoms with Gasteiger partial charge in [-0.25, -0.2) is 4.84 Å². The third kappa shape index (κ3) is 1.89. The summed E-state index contributed by atoms with van der Waals surface area (Å²) in [6, 6.07) is 6.68. The molecule has 1 heterocycles. The van der Waals surface area contributed by atoms with Crippen molar-refractivity contribution in [2.24, 2.45) is 5.92 Å². The second-order valence-electron chi connectivity index (χ2n) is 4.32. The number of hydroxylamine groups is 2. The minimum atomic E-state index is -0.413. The molecule has 18 heavy (non-hydrogen) atoms. The van der Waals surface area contributed by atoms with Gasteiger partial charge in [0.25, 0.3) is 11.8 Å². The first kappa shape index (κ1) is 11.0. The third-order valence-corrected chi connectivity index (χ3v) is 2.91. The molecule has 1 saturated carbocycles. The molecule has 3 rings (SSSR count). The topological polar surface area (TPSA) is 46.6 Å². The van der Waals surface area contributed by atoms with E-state index in [1.54, 1.807) is 24.3 Å². The molecule has 0 N–H and O–H groups in total. The van der Waals surface area contributed by atoms with Crippen LogP contribution in [-0.2, 0) is 4.84 Å². The Hall–Kier alpha value is -2.12. The molecule has 0 aromatic heterocycles. The van der Waals surface area contributed by atoms with Crippen LogP contribution in [0.4, 0.5) is 0 Å². The second kappa shape index (κ2) is 4.28. The molecule has 1 aromatic carbocycles. The molecule has 2 aliphatic rings. The predicted octanol–water partition coefficient (Wildman–Crippen LogP) is 1.63. The van der Waals surface area contributed by atoms with Crippen molar-refractivity contribution in [2.75, 3.05) is 6.61 Å². The highest BCUT2D eigenvalue weighted by molar-refractivity contribution is 6.20. The normalized spacial score (nSPS) is 17.4. The van der Waals surface area contributed by atoms with Gasteiger partial charge in [0.1, 0.15) is 6.61 Å². The van der Waals surface area contributed by atoms with E-state index in [4.69, 9.17) is 4.84 Å². The minimum absolute atomic E-state index is 0.0714. The summed E-state index contributed by atoms with van der Waals surface area (Å²) in [5, 5.41) is 0.798. The summed E-state index contributed by atoms with van der Waals surface area (Å²) >= 11 is 0. The highest BCUT2D eigenvalue weighted by Crippen LogP contribution is 2.27. The molecular formula is C14H11NO3. The lowest BCUT2D eigenvalue weighted by molar-refractivity contribution is -0.0782. The van der Waals surface area contributed by atoms with E-state index >= 15 is 0 Å². The molecule has 4 nitrogen and oxygen atoms in total. The first-order valence-electron chi connectivity index (χ1n) is 5.86. The van der Waals surface area contributed by atoms with Crippen LogP contribution in [0.3, 0.4) is 0 Å². The molecule has 0 bridgehead atoms. The first-order valence-corrected chi connectivity index (χ1v) is 5.86. The smallest absolute Gasteiger partial charge is 0.266 e. The number of nitrogens with zero attached hydrogens (tertiary/aromatic N) is 1. The van der Waals surface area contributed by atoms with Crippen molar-refractivity contribution < 1.29 is 14.4 Å². The average molecular weight is 241 g/mol. The van der Waals surface area contributed by atoms with Crippen LogP contribution >= 0.6 is 0 Å². The SMILES string of the molecule is O=C1c2ccccc2C(=O)N1OCC#CC1CC1. The van der Waals surface area contributed by atoms with Crippen molar-refractivity contribution in [1.82, 2.24) is 5.06 Å². The maximum absolute atomic E-state index is 11.9. The maximum Gasteiger partial charge on any atom is 0.285 e. The second-order valence-corrected chi connectivity index (χ2v) is 4.32. The standard InChI is InChI=1S/C14H11NO3/c16-13-11-5-1-2-6-12(11)14(17)15(13)18-9-3-4-10-7-8-10/h1-2,5-6,10H,7-9H2. The summed E-state index contributed by atoms with van der Waals surface area (Å²) in [5.41, 5.74) is 0.773. The Morgan fingerprint density at radius 3 is 2.33 bits per heavy atom. The maximum atomic E-state index is 11.9. The highest BCUT2D eigenvalue weighted by atomic mass is 16.7. The van der Waals surface area contributed by atoms with Crippen LogP contribution in [0.1, 0.15) is 33.6 Å². The Kier molecular flexibility index (Phi) is 2.62. The van der Waals surface area contributed by atoms with Crippen LogP contribution < -0.4 is 0 Å². The van der Waals surface area contributed by atoms with E-state index in [-0.39, 0.29) is 6.61 Å². The Labute approximate surface area is 104 Å². The van der Waals surface area contributed by atoms with Crippen molar-refractivity contribution in [1.29, 1.82) is 0 Å². The van der Waals surface area contributed by atoms with Gasteiger partial charge < -0.3 is 0 Å². The summed E-state index contributed by atoms with van der Waals surface area (Å²) < 4.78 is 0. The van der Waals surface area contributed by atoms with Crippen molar-refractivity contribution in [3.63, 3.8) is 0 Å². The number of carbonyl (C=O) groups excluding carboxylic acids is 2. The van der Waals surface area contributed by atoms with Gasteiger partial charge in [0.2, 0.25) is 0 Å². The van der Waals surface area contributed by atoms with Gasteiger partial charge in [-0.1, -0.05) is 24.0 Å². The lowest BCUT2D eigenvalue weighted by atomic mass is 10.1. The molecular weight excluding hydrogens is 230 g/mol. The van der Waals surface area contributed by atoms with E-state index in [1.165, 1.54) is 0 Å². The van der Waals surface area contributed by atoms with Crippen molar-refractivity contribution in [3.05, 3.63) is 35.4 Å². The number of carbonyl (C=O) groups is 2.